The number of hydrogen-bond donors (Lipinski definition) is 0. The van der Waals surface area contributed by atoms with Crippen LogP contribution in [-0.4, -0.2) is 104 Å². The number of nitrogens with zero attached hydrogens (tertiary/aromatic N) is 4. The molecule has 0 spiro atoms. The summed E-state index contributed by atoms with van der Waals surface area (Å²) in [4.78, 5) is 32.3. The fraction of sp³-hybridized carbons (Fsp3) is 0.619. The predicted octanol–water partition coefficient (Wildman–Crippen LogP) is 1.12. The van der Waals surface area contributed by atoms with Crippen molar-refractivity contribution in [1.29, 1.82) is 0 Å². The van der Waals surface area contributed by atoms with Gasteiger partial charge in [-0.15, -0.1) is 0 Å². The molecule has 0 saturated carbocycles. The van der Waals surface area contributed by atoms with Crippen LogP contribution in [0.4, 0.5) is 4.79 Å². The normalized spacial score (nSPS) is 24.7. The SMILES string of the molecule is CN(C)C(=O)CN1CCN([C@H]2CCCN(C[C@H]3COc4ccccc4O3)C2)C1=O. The van der Waals surface area contributed by atoms with E-state index in [4.69, 9.17) is 9.47 Å². The Balaban J connectivity index is 1.31. The number of para-hydroxylation sites is 2. The summed E-state index contributed by atoms with van der Waals surface area (Å²) in [5.41, 5.74) is 0. The lowest BCUT2D eigenvalue weighted by molar-refractivity contribution is -0.129. The first-order chi connectivity index (χ1) is 14.0. The Morgan fingerprint density at radius 3 is 2.76 bits per heavy atom. The maximum atomic E-state index is 12.8. The highest BCUT2D eigenvalue weighted by Crippen LogP contribution is 2.31. The molecule has 3 heterocycles. The zero-order valence-corrected chi connectivity index (χ0v) is 17.2. The molecule has 8 heteroatoms. The lowest BCUT2D eigenvalue weighted by Gasteiger charge is -2.39. The van der Waals surface area contributed by atoms with Crippen LogP contribution in [0.25, 0.3) is 0 Å². The third-order valence-electron chi connectivity index (χ3n) is 5.90. The molecule has 0 aromatic heterocycles. The van der Waals surface area contributed by atoms with Crippen LogP contribution < -0.4 is 9.47 Å². The van der Waals surface area contributed by atoms with Crippen molar-refractivity contribution < 1.29 is 19.1 Å². The second kappa shape index (κ2) is 8.49. The highest BCUT2D eigenvalue weighted by molar-refractivity contribution is 5.85. The van der Waals surface area contributed by atoms with Crippen LogP contribution in [0.3, 0.4) is 0 Å². The van der Waals surface area contributed by atoms with Gasteiger partial charge in [0.15, 0.2) is 11.5 Å². The maximum absolute atomic E-state index is 12.8. The molecule has 3 aliphatic rings. The van der Waals surface area contributed by atoms with E-state index in [0.29, 0.717) is 19.7 Å². The van der Waals surface area contributed by atoms with Crippen molar-refractivity contribution in [3.05, 3.63) is 24.3 Å². The van der Waals surface area contributed by atoms with E-state index in [-0.39, 0.29) is 30.6 Å². The van der Waals surface area contributed by atoms with E-state index in [1.165, 1.54) is 4.90 Å². The topological polar surface area (TPSA) is 65.6 Å². The lowest BCUT2D eigenvalue weighted by Crippen LogP contribution is -2.52. The molecule has 3 amide bonds. The van der Waals surface area contributed by atoms with Crippen LogP contribution in [0.1, 0.15) is 12.8 Å². The van der Waals surface area contributed by atoms with Gasteiger partial charge in [-0.05, 0) is 31.5 Å². The third kappa shape index (κ3) is 4.42. The van der Waals surface area contributed by atoms with Gasteiger partial charge in [0.1, 0.15) is 19.3 Å². The smallest absolute Gasteiger partial charge is 0.320 e. The van der Waals surface area contributed by atoms with Gasteiger partial charge in [-0.2, -0.15) is 0 Å². The zero-order valence-electron chi connectivity index (χ0n) is 17.2. The van der Waals surface area contributed by atoms with E-state index in [1.807, 2.05) is 29.2 Å². The van der Waals surface area contributed by atoms with Crippen molar-refractivity contribution in [2.24, 2.45) is 0 Å². The number of rotatable bonds is 5. The molecule has 2 atom stereocenters. The van der Waals surface area contributed by atoms with Gasteiger partial charge in [0.05, 0.1) is 0 Å². The lowest BCUT2D eigenvalue weighted by atomic mass is 10.0. The monoisotopic (exact) mass is 402 g/mol. The highest BCUT2D eigenvalue weighted by atomic mass is 16.6. The number of urea groups is 1. The number of carbonyl (C=O) groups is 2. The number of likely N-dealkylation sites (N-methyl/N-ethyl adjacent to an activating group) is 1. The summed E-state index contributed by atoms with van der Waals surface area (Å²) in [7, 11) is 3.43. The zero-order chi connectivity index (χ0) is 20.4. The third-order valence-corrected chi connectivity index (χ3v) is 5.90. The van der Waals surface area contributed by atoms with Crippen molar-refractivity contribution in [2.75, 3.05) is 60.0 Å². The van der Waals surface area contributed by atoms with E-state index in [1.54, 1.807) is 19.0 Å². The fourth-order valence-corrected chi connectivity index (χ4v) is 4.28. The molecule has 29 heavy (non-hydrogen) atoms. The molecule has 0 unspecified atom stereocenters. The van der Waals surface area contributed by atoms with Crippen LogP contribution in [0.5, 0.6) is 11.5 Å². The van der Waals surface area contributed by atoms with Crippen LogP contribution in [0.15, 0.2) is 24.3 Å². The molecule has 0 radical (unpaired) electrons. The minimum absolute atomic E-state index is 0.00728. The summed E-state index contributed by atoms with van der Waals surface area (Å²) in [6.45, 7) is 4.63. The highest BCUT2D eigenvalue weighted by Gasteiger charge is 2.37. The summed E-state index contributed by atoms with van der Waals surface area (Å²) in [6, 6.07) is 7.93. The Labute approximate surface area is 171 Å². The van der Waals surface area contributed by atoms with Crippen LogP contribution in [0, 0.1) is 0 Å². The number of ether oxygens (including phenoxy) is 2. The van der Waals surface area contributed by atoms with Gasteiger partial charge in [-0.3, -0.25) is 9.69 Å². The van der Waals surface area contributed by atoms with Crippen molar-refractivity contribution in [1.82, 2.24) is 19.6 Å². The first kappa shape index (κ1) is 19.8. The summed E-state index contributed by atoms with van der Waals surface area (Å²) in [5.74, 6) is 1.56. The van der Waals surface area contributed by atoms with E-state index < -0.39 is 0 Å². The van der Waals surface area contributed by atoms with Crippen molar-refractivity contribution in [3.8, 4) is 11.5 Å². The quantitative estimate of drug-likeness (QED) is 0.739. The van der Waals surface area contributed by atoms with E-state index in [0.717, 1.165) is 44.0 Å². The molecular weight excluding hydrogens is 372 g/mol. The largest absolute Gasteiger partial charge is 0.486 e. The molecule has 1 aromatic carbocycles. The van der Waals surface area contributed by atoms with Gasteiger partial charge in [0, 0.05) is 46.3 Å². The molecule has 1 aromatic rings. The number of fused-ring (bicyclic) bond motifs is 1. The second-order valence-corrected chi connectivity index (χ2v) is 8.24. The number of likely N-dealkylation sites (tertiary alicyclic amines) is 1. The Hall–Kier alpha value is -2.48. The van der Waals surface area contributed by atoms with E-state index >= 15 is 0 Å². The fourth-order valence-electron chi connectivity index (χ4n) is 4.28. The minimum atomic E-state index is -0.0415. The van der Waals surface area contributed by atoms with Crippen molar-refractivity contribution >= 4 is 11.9 Å². The number of hydrogen-bond acceptors (Lipinski definition) is 5. The Morgan fingerprint density at radius 2 is 1.97 bits per heavy atom. The summed E-state index contributed by atoms with van der Waals surface area (Å²) in [5, 5.41) is 0. The molecule has 158 valence electrons. The van der Waals surface area contributed by atoms with Crippen LogP contribution >= 0.6 is 0 Å². The van der Waals surface area contributed by atoms with Gasteiger partial charge in [0.2, 0.25) is 5.91 Å². The number of amides is 3. The number of carbonyl (C=O) groups excluding carboxylic acids is 2. The van der Waals surface area contributed by atoms with Gasteiger partial charge in [-0.25, -0.2) is 4.79 Å². The number of piperidine rings is 1. The predicted molar refractivity (Wildman–Crippen MR) is 108 cm³/mol. The van der Waals surface area contributed by atoms with Crippen molar-refractivity contribution in [3.63, 3.8) is 0 Å². The maximum Gasteiger partial charge on any atom is 0.320 e. The molecule has 3 aliphatic heterocycles. The molecule has 0 N–H and O–H groups in total. The molecule has 4 rings (SSSR count). The molecule has 8 nitrogen and oxygen atoms in total. The standard InChI is InChI=1S/C21H30N4O4/c1-22(2)20(26)14-24-10-11-25(21(24)27)16-6-5-9-23(12-16)13-17-15-28-18-7-3-4-8-19(18)29-17/h3-4,7-8,16-17H,5-6,9-15H2,1-2H3/t16-,17-/m0/s1. The van der Waals surface area contributed by atoms with Gasteiger partial charge in [0.25, 0.3) is 0 Å². The van der Waals surface area contributed by atoms with Gasteiger partial charge >= 0.3 is 6.03 Å². The van der Waals surface area contributed by atoms with Crippen molar-refractivity contribution in [2.45, 2.75) is 25.0 Å². The first-order valence-electron chi connectivity index (χ1n) is 10.4. The first-order valence-corrected chi connectivity index (χ1v) is 10.4. The Kier molecular flexibility index (Phi) is 5.80. The minimum Gasteiger partial charge on any atom is -0.486 e. The average Bonchev–Trinajstić information content (AvgIpc) is 3.08. The van der Waals surface area contributed by atoms with E-state index in [2.05, 4.69) is 4.90 Å². The van der Waals surface area contributed by atoms with E-state index in [9.17, 15) is 9.59 Å². The molecule has 0 aliphatic carbocycles. The van der Waals surface area contributed by atoms with Crippen LogP contribution in [0.2, 0.25) is 0 Å². The Bertz CT molecular complexity index is 756. The number of benzene rings is 1. The molecule has 0 bridgehead atoms. The Morgan fingerprint density at radius 1 is 1.17 bits per heavy atom. The summed E-state index contributed by atoms with van der Waals surface area (Å²) < 4.78 is 11.9. The average molecular weight is 402 g/mol. The molecule has 2 fully saturated rings. The molecule has 2 saturated heterocycles. The van der Waals surface area contributed by atoms with Crippen LogP contribution in [-0.2, 0) is 4.79 Å². The van der Waals surface area contributed by atoms with Gasteiger partial charge in [-0.1, -0.05) is 12.1 Å². The molecular formula is C21H30N4O4. The second-order valence-electron chi connectivity index (χ2n) is 8.24. The van der Waals surface area contributed by atoms with Gasteiger partial charge < -0.3 is 24.2 Å². The summed E-state index contributed by atoms with van der Waals surface area (Å²) in [6.07, 6.45) is 2.05. The summed E-state index contributed by atoms with van der Waals surface area (Å²) >= 11 is 0.